The number of hydrogen-bond donors (Lipinski definition) is 0. The maximum absolute atomic E-state index is 10.7. The molecule has 2 rings (SSSR count). The van der Waals surface area contributed by atoms with E-state index >= 15 is 0 Å². The van der Waals surface area contributed by atoms with Crippen LogP contribution in [0.25, 0.3) is 0 Å². The minimum Gasteiger partial charge on any atom is -0.290 e. The molecule has 1 aliphatic rings. The lowest BCUT2D eigenvalue weighted by molar-refractivity contribution is -0.463. The van der Waals surface area contributed by atoms with Gasteiger partial charge in [0, 0.05) is 10.6 Å². The standard InChI is InChI=1S/C12H12N4O2/c1-9-10(2)16(11-6-4-3-5-7-11)12(14-13-9)8-15(17)18/h3-7H,2,8H2,1H3. The molecular formula is C12H12N4O2. The average molecular weight is 244 g/mol. The molecule has 92 valence electrons. The molecule has 6 heteroatoms. The molecule has 18 heavy (non-hydrogen) atoms. The number of nitrogens with zero attached hydrogens (tertiary/aromatic N) is 4. The van der Waals surface area contributed by atoms with Crippen LogP contribution in [0.2, 0.25) is 0 Å². The summed E-state index contributed by atoms with van der Waals surface area (Å²) in [7, 11) is 0. The third kappa shape index (κ3) is 2.27. The smallest absolute Gasteiger partial charge is 0.263 e. The number of benzene rings is 1. The van der Waals surface area contributed by atoms with Gasteiger partial charge in [0.2, 0.25) is 5.84 Å². The summed E-state index contributed by atoms with van der Waals surface area (Å²) in [6, 6.07) is 9.28. The summed E-state index contributed by atoms with van der Waals surface area (Å²) in [5.41, 5.74) is 2.04. The van der Waals surface area contributed by atoms with Gasteiger partial charge in [-0.2, -0.15) is 5.10 Å². The first-order valence-electron chi connectivity index (χ1n) is 5.37. The summed E-state index contributed by atoms with van der Waals surface area (Å²) in [6.07, 6.45) is 0. The van der Waals surface area contributed by atoms with Gasteiger partial charge >= 0.3 is 0 Å². The largest absolute Gasteiger partial charge is 0.290 e. The third-order valence-electron chi connectivity index (χ3n) is 2.55. The summed E-state index contributed by atoms with van der Waals surface area (Å²) in [6.45, 7) is 5.29. The monoisotopic (exact) mass is 244 g/mol. The molecule has 1 aromatic rings. The first-order valence-corrected chi connectivity index (χ1v) is 5.37. The maximum atomic E-state index is 10.7. The predicted molar refractivity (Wildman–Crippen MR) is 70.5 cm³/mol. The SMILES string of the molecule is C=C1C(C)=NN=C(C[N+](=O)[O-])N1c1ccccc1. The van der Waals surface area contributed by atoms with E-state index < -0.39 is 4.92 Å². The van der Waals surface area contributed by atoms with Gasteiger partial charge in [-0.3, -0.25) is 15.0 Å². The van der Waals surface area contributed by atoms with E-state index in [-0.39, 0.29) is 12.4 Å². The van der Waals surface area contributed by atoms with Gasteiger partial charge < -0.3 is 0 Å². The Morgan fingerprint density at radius 2 is 2.00 bits per heavy atom. The van der Waals surface area contributed by atoms with Gasteiger partial charge in [0.05, 0.1) is 11.4 Å². The highest BCUT2D eigenvalue weighted by Gasteiger charge is 2.25. The number of nitro groups is 1. The first-order chi connectivity index (χ1) is 8.59. The molecule has 0 amide bonds. The summed E-state index contributed by atoms with van der Waals surface area (Å²) >= 11 is 0. The molecule has 1 aliphatic heterocycles. The molecule has 0 fully saturated rings. The Hall–Kier alpha value is -2.50. The van der Waals surface area contributed by atoms with Crippen LogP contribution < -0.4 is 4.90 Å². The normalized spacial score (nSPS) is 15.2. The third-order valence-corrected chi connectivity index (χ3v) is 2.55. The van der Waals surface area contributed by atoms with E-state index in [4.69, 9.17) is 0 Å². The van der Waals surface area contributed by atoms with E-state index in [1.165, 1.54) is 0 Å². The zero-order valence-electron chi connectivity index (χ0n) is 9.91. The number of hydrogen-bond acceptors (Lipinski definition) is 5. The number of amidine groups is 1. The molecule has 1 aromatic carbocycles. The molecule has 0 spiro atoms. The maximum Gasteiger partial charge on any atom is 0.263 e. The van der Waals surface area contributed by atoms with Crippen molar-refractivity contribution in [2.45, 2.75) is 6.92 Å². The van der Waals surface area contributed by atoms with E-state index in [1.54, 1.807) is 11.8 Å². The summed E-state index contributed by atoms with van der Waals surface area (Å²) in [5, 5.41) is 18.4. The summed E-state index contributed by atoms with van der Waals surface area (Å²) < 4.78 is 0. The second kappa shape index (κ2) is 4.79. The molecule has 0 unspecified atom stereocenters. The van der Waals surface area contributed by atoms with Crippen LogP contribution in [-0.4, -0.2) is 23.0 Å². The van der Waals surface area contributed by atoms with Crippen molar-refractivity contribution >= 4 is 17.2 Å². The van der Waals surface area contributed by atoms with Crippen molar-refractivity contribution in [2.75, 3.05) is 11.4 Å². The highest BCUT2D eigenvalue weighted by atomic mass is 16.6. The Labute approximate surface area is 104 Å². The van der Waals surface area contributed by atoms with Crippen LogP contribution in [0.1, 0.15) is 6.92 Å². The van der Waals surface area contributed by atoms with Crippen molar-refractivity contribution in [2.24, 2.45) is 10.2 Å². The van der Waals surface area contributed by atoms with E-state index in [1.807, 2.05) is 30.3 Å². The number of para-hydroxylation sites is 1. The zero-order valence-corrected chi connectivity index (χ0v) is 9.91. The van der Waals surface area contributed by atoms with Crippen LogP contribution in [-0.2, 0) is 0 Å². The Kier molecular flexibility index (Phi) is 3.18. The van der Waals surface area contributed by atoms with Gasteiger partial charge in [-0.1, -0.05) is 24.8 Å². The number of rotatable bonds is 3. The lowest BCUT2D eigenvalue weighted by Crippen LogP contribution is -2.39. The predicted octanol–water partition coefficient (Wildman–Crippen LogP) is 2.07. The molecule has 0 saturated carbocycles. The number of anilines is 1. The van der Waals surface area contributed by atoms with Gasteiger partial charge in [0.1, 0.15) is 0 Å². The number of allylic oxidation sites excluding steroid dienone is 1. The minimum atomic E-state index is -0.432. The van der Waals surface area contributed by atoms with Crippen molar-refractivity contribution in [1.82, 2.24) is 0 Å². The second-order valence-corrected chi connectivity index (χ2v) is 3.81. The molecule has 0 N–H and O–H groups in total. The van der Waals surface area contributed by atoms with Crippen LogP contribution in [0.5, 0.6) is 0 Å². The zero-order chi connectivity index (χ0) is 13.1. The van der Waals surface area contributed by atoms with Crippen LogP contribution in [0.3, 0.4) is 0 Å². The Morgan fingerprint density at radius 3 is 2.61 bits per heavy atom. The Morgan fingerprint density at radius 1 is 1.33 bits per heavy atom. The Balaban J connectivity index is 2.42. The van der Waals surface area contributed by atoms with Crippen molar-refractivity contribution in [3.63, 3.8) is 0 Å². The Bertz CT molecular complexity index is 548. The van der Waals surface area contributed by atoms with Gasteiger partial charge in [0.25, 0.3) is 6.54 Å². The molecule has 0 bridgehead atoms. The van der Waals surface area contributed by atoms with Gasteiger partial charge in [-0.15, -0.1) is 5.10 Å². The molecule has 0 atom stereocenters. The van der Waals surface area contributed by atoms with Crippen LogP contribution in [0.15, 0.2) is 52.8 Å². The molecular weight excluding hydrogens is 232 g/mol. The topological polar surface area (TPSA) is 71.1 Å². The first kappa shape index (κ1) is 12.0. The van der Waals surface area contributed by atoms with E-state index in [0.717, 1.165) is 5.69 Å². The van der Waals surface area contributed by atoms with Crippen LogP contribution in [0.4, 0.5) is 5.69 Å². The average Bonchev–Trinajstić information content (AvgIpc) is 2.35. The molecule has 0 aromatic heterocycles. The molecule has 1 heterocycles. The van der Waals surface area contributed by atoms with Gasteiger partial charge in [-0.25, -0.2) is 0 Å². The summed E-state index contributed by atoms with van der Waals surface area (Å²) in [5.74, 6) is 0.266. The second-order valence-electron chi connectivity index (χ2n) is 3.81. The van der Waals surface area contributed by atoms with E-state index in [0.29, 0.717) is 11.4 Å². The quantitative estimate of drug-likeness (QED) is 0.603. The van der Waals surface area contributed by atoms with Crippen molar-refractivity contribution in [3.05, 3.63) is 52.7 Å². The van der Waals surface area contributed by atoms with Crippen molar-refractivity contribution in [3.8, 4) is 0 Å². The molecule has 0 saturated heterocycles. The molecule has 0 aliphatic carbocycles. The van der Waals surface area contributed by atoms with Crippen LogP contribution >= 0.6 is 0 Å². The lowest BCUT2D eigenvalue weighted by Gasteiger charge is -2.27. The summed E-state index contributed by atoms with van der Waals surface area (Å²) in [4.78, 5) is 11.9. The van der Waals surface area contributed by atoms with E-state index in [9.17, 15) is 10.1 Å². The fourth-order valence-electron chi connectivity index (χ4n) is 1.65. The highest BCUT2D eigenvalue weighted by molar-refractivity contribution is 6.14. The fourth-order valence-corrected chi connectivity index (χ4v) is 1.65. The molecule has 6 nitrogen and oxygen atoms in total. The van der Waals surface area contributed by atoms with Crippen LogP contribution in [0, 0.1) is 10.1 Å². The van der Waals surface area contributed by atoms with Gasteiger partial charge in [-0.05, 0) is 19.1 Å². The fraction of sp³-hybridized carbons (Fsp3) is 0.167. The van der Waals surface area contributed by atoms with Crippen molar-refractivity contribution < 1.29 is 4.92 Å². The molecule has 0 radical (unpaired) electrons. The van der Waals surface area contributed by atoms with E-state index in [2.05, 4.69) is 16.8 Å². The minimum absolute atomic E-state index is 0.266. The lowest BCUT2D eigenvalue weighted by atomic mass is 10.2. The van der Waals surface area contributed by atoms with Crippen molar-refractivity contribution in [1.29, 1.82) is 0 Å². The highest BCUT2D eigenvalue weighted by Crippen LogP contribution is 2.22. The van der Waals surface area contributed by atoms with Gasteiger partial charge in [0.15, 0.2) is 0 Å².